The van der Waals surface area contributed by atoms with Crippen molar-refractivity contribution < 1.29 is 23.8 Å². The van der Waals surface area contributed by atoms with Crippen molar-refractivity contribution in [3.05, 3.63) is 87.9 Å². The predicted molar refractivity (Wildman–Crippen MR) is 122 cm³/mol. The van der Waals surface area contributed by atoms with Gasteiger partial charge < -0.3 is 14.2 Å². The molecule has 0 unspecified atom stereocenters. The summed E-state index contributed by atoms with van der Waals surface area (Å²) in [4.78, 5) is 24.6. The fraction of sp³-hybridized carbons (Fsp3) is 0.125. The van der Waals surface area contributed by atoms with E-state index in [1.54, 1.807) is 61.7 Å². The molecular weight excluding hydrogens is 432 g/mol. The second-order valence-corrected chi connectivity index (χ2v) is 7.12. The molecule has 0 aromatic heterocycles. The van der Waals surface area contributed by atoms with E-state index in [0.29, 0.717) is 28.2 Å². The Morgan fingerprint density at radius 2 is 1.69 bits per heavy atom. The summed E-state index contributed by atoms with van der Waals surface area (Å²) in [7, 11) is 3.04. The summed E-state index contributed by atoms with van der Waals surface area (Å²) < 4.78 is 15.7. The first kappa shape index (κ1) is 22.8. The van der Waals surface area contributed by atoms with Crippen LogP contribution < -0.4 is 19.6 Å². The van der Waals surface area contributed by atoms with Crippen molar-refractivity contribution in [1.29, 1.82) is 0 Å². The molecule has 32 heavy (non-hydrogen) atoms. The van der Waals surface area contributed by atoms with E-state index in [4.69, 9.17) is 25.8 Å². The first-order valence-electron chi connectivity index (χ1n) is 9.55. The molecule has 164 valence electrons. The lowest BCUT2D eigenvalue weighted by molar-refractivity contribution is 0.0734. The number of aryl methyl sites for hydroxylation is 1. The number of rotatable bonds is 7. The van der Waals surface area contributed by atoms with Crippen molar-refractivity contribution in [3.8, 4) is 17.2 Å². The van der Waals surface area contributed by atoms with E-state index >= 15 is 0 Å². The van der Waals surface area contributed by atoms with Crippen molar-refractivity contribution >= 4 is 29.7 Å². The molecule has 0 saturated carbocycles. The number of hydrogen-bond acceptors (Lipinski definition) is 6. The molecule has 0 bridgehead atoms. The summed E-state index contributed by atoms with van der Waals surface area (Å²) in [6.45, 7) is 1.91. The molecule has 0 fully saturated rings. The summed E-state index contributed by atoms with van der Waals surface area (Å²) in [5.41, 5.74) is 4.77. The Kier molecular flexibility index (Phi) is 7.46. The highest BCUT2D eigenvalue weighted by Crippen LogP contribution is 2.26. The number of hydrazone groups is 1. The zero-order valence-corrected chi connectivity index (χ0v) is 18.5. The van der Waals surface area contributed by atoms with Crippen LogP contribution in [0.3, 0.4) is 0 Å². The monoisotopic (exact) mass is 452 g/mol. The Morgan fingerprint density at radius 3 is 2.34 bits per heavy atom. The summed E-state index contributed by atoms with van der Waals surface area (Å²) in [6, 6.07) is 16.6. The van der Waals surface area contributed by atoms with Gasteiger partial charge in [0.2, 0.25) is 0 Å². The number of ether oxygens (including phenoxy) is 3. The first-order valence-corrected chi connectivity index (χ1v) is 9.93. The number of halogens is 1. The molecule has 3 aromatic carbocycles. The van der Waals surface area contributed by atoms with Gasteiger partial charge in [0, 0.05) is 0 Å². The topological polar surface area (TPSA) is 86.2 Å². The van der Waals surface area contributed by atoms with Crippen molar-refractivity contribution in [2.24, 2.45) is 5.10 Å². The lowest BCUT2D eigenvalue weighted by Crippen LogP contribution is -2.18. The van der Waals surface area contributed by atoms with Crippen LogP contribution in [-0.4, -0.2) is 32.3 Å². The third kappa shape index (κ3) is 5.65. The van der Waals surface area contributed by atoms with Crippen LogP contribution in [0, 0.1) is 6.92 Å². The number of nitrogens with one attached hydrogen (secondary N) is 1. The molecule has 8 heteroatoms. The minimum Gasteiger partial charge on any atom is -0.497 e. The highest BCUT2D eigenvalue weighted by molar-refractivity contribution is 6.32. The molecule has 0 heterocycles. The minimum atomic E-state index is -0.546. The van der Waals surface area contributed by atoms with Gasteiger partial charge in [-0.15, -0.1) is 0 Å². The van der Waals surface area contributed by atoms with E-state index in [1.807, 2.05) is 13.0 Å². The molecule has 3 rings (SSSR count). The second-order valence-electron chi connectivity index (χ2n) is 6.71. The van der Waals surface area contributed by atoms with Crippen molar-refractivity contribution in [2.75, 3.05) is 14.2 Å². The highest BCUT2D eigenvalue weighted by atomic mass is 35.5. The van der Waals surface area contributed by atoms with Gasteiger partial charge in [-0.25, -0.2) is 10.2 Å². The van der Waals surface area contributed by atoms with E-state index in [9.17, 15) is 9.59 Å². The highest BCUT2D eigenvalue weighted by Gasteiger charge is 2.13. The quantitative estimate of drug-likeness (QED) is 0.244. The maximum Gasteiger partial charge on any atom is 0.343 e. The van der Waals surface area contributed by atoms with Gasteiger partial charge in [0.1, 0.15) is 17.2 Å². The molecule has 1 amide bonds. The minimum absolute atomic E-state index is 0.207. The Balaban J connectivity index is 1.64. The smallest absolute Gasteiger partial charge is 0.343 e. The number of esters is 1. The lowest BCUT2D eigenvalue weighted by atomic mass is 10.1. The third-order valence-electron chi connectivity index (χ3n) is 4.47. The number of carbonyl (C=O) groups is 2. The predicted octanol–water partition coefficient (Wildman–Crippen LogP) is 4.65. The van der Waals surface area contributed by atoms with Crippen molar-refractivity contribution in [2.45, 2.75) is 6.92 Å². The van der Waals surface area contributed by atoms with E-state index in [2.05, 4.69) is 10.5 Å². The van der Waals surface area contributed by atoms with Gasteiger partial charge in [-0.1, -0.05) is 17.7 Å². The number of carbonyl (C=O) groups excluding carboxylic acids is 2. The Labute approximate surface area is 190 Å². The zero-order chi connectivity index (χ0) is 23.1. The van der Waals surface area contributed by atoms with Gasteiger partial charge in [-0.2, -0.15) is 5.10 Å². The molecule has 0 aliphatic rings. The van der Waals surface area contributed by atoms with Crippen LogP contribution in [-0.2, 0) is 0 Å². The van der Waals surface area contributed by atoms with Crippen LogP contribution in [0.5, 0.6) is 17.2 Å². The molecule has 0 aliphatic heterocycles. The summed E-state index contributed by atoms with van der Waals surface area (Å²) in [6.07, 6.45) is 1.43. The van der Waals surface area contributed by atoms with E-state index in [-0.39, 0.29) is 10.8 Å². The van der Waals surface area contributed by atoms with E-state index in [0.717, 1.165) is 5.56 Å². The number of benzene rings is 3. The third-order valence-corrected chi connectivity index (χ3v) is 4.76. The molecular formula is C24H21ClN2O5. The Hall–Kier alpha value is -3.84. The first-order chi connectivity index (χ1) is 15.4. The molecule has 7 nitrogen and oxygen atoms in total. The van der Waals surface area contributed by atoms with E-state index in [1.165, 1.54) is 13.3 Å². The van der Waals surface area contributed by atoms with Crippen molar-refractivity contribution in [1.82, 2.24) is 5.43 Å². The average Bonchev–Trinajstić information content (AvgIpc) is 2.80. The Morgan fingerprint density at radius 1 is 0.938 bits per heavy atom. The van der Waals surface area contributed by atoms with Gasteiger partial charge in [0.15, 0.2) is 0 Å². The largest absolute Gasteiger partial charge is 0.497 e. The standard InChI is InChI=1S/C24H21ClN2O5/c1-15-4-10-19(22(12-15)31-3)23(28)27-26-14-16-5-11-21(20(25)13-16)32-24(29)17-6-8-18(30-2)9-7-17/h4-14H,1-3H3,(H,27,28)/b26-14-. The van der Waals surface area contributed by atoms with Gasteiger partial charge in [0.25, 0.3) is 5.91 Å². The number of methoxy groups -OCH3 is 2. The number of hydrogen-bond donors (Lipinski definition) is 1. The van der Waals surface area contributed by atoms with Gasteiger partial charge in [-0.05, 0) is 72.6 Å². The maximum atomic E-state index is 12.3. The van der Waals surface area contributed by atoms with Crippen LogP contribution in [0.4, 0.5) is 0 Å². The van der Waals surface area contributed by atoms with Crippen molar-refractivity contribution in [3.63, 3.8) is 0 Å². The van der Waals surface area contributed by atoms with Crippen LogP contribution in [0.15, 0.2) is 65.8 Å². The molecule has 3 aromatic rings. The fourth-order valence-corrected chi connectivity index (χ4v) is 3.01. The maximum absolute atomic E-state index is 12.3. The zero-order valence-electron chi connectivity index (χ0n) is 17.7. The summed E-state index contributed by atoms with van der Waals surface area (Å²) in [5.74, 6) is 0.350. The van der Waals surface area contributed by atoms with Gasteiger partial charge in [-0.3, -0.25) is 4.79 Å². The second kappa shape index (κ2) is 10.5. The molecule has 0 saturated heterocycles. The van der Waals surface area contributed by atoms with Gasteiger partial charge in [0.05, 0.1) is 36.6 Å². The Bertz CT molecular complexity index is 1160. The SMILES string of the molecule is COc1ccc(C(=O)Oc2ccc(/C=N\NC(=O)c3ccc(C)cc3OC)cc2Cl)cc1. The van der Waals surface area contributed by atoms with Crippen LogP contribution in [0.25, 0.3) is 0 Å². The van der Waals surface area contributed by atoms with Gasteiger partial charge >= 0.3 is 5.97 Å². The van der Waals surface area contributed by atoms with Crippen LogP contribution >= 0.6 is 11.6 Å². The normalized spacial score (nSPS) is 10.6. The molecule has 1 N–H and O–H groups in total. The molecule has 0 aliphatic carbocycles. The lowest BCUT2D eigenvalue weighted by Gasteiger charge is -2.08. The molecule has 0 radical (unpaired) electrons. The summed E-state index contributed by atoms with van der Waals surface area (Å²) >= 11 is 6.24. The molecule has 0 spiro atoms. The van der Waals surface area contributed by atoms with E-state index < -0.39 is 11.9 Å². The molecule has 0 atom stereocenters. The van der Waals surface area contributed by atoms with Crippen LogP contribution in [0.1, 0.15) is 31.8 Å². The number of nitrogens with zero attached hydrogens (tertiary/aromatic N) is 1. The van der Waals surface area contributed by atoms with Crippen LogP contribution in [0.2, 0.25) is 5.02 Å². The number of amides is 1. The summed E-state index contributed by atoms with van der Waals surface area (Å²) in [5, 5.41) is 4.18. The average molecular weight is 453 g/mol. The fourth-order valence-electron chi connectivity index (χ4n) is 2.78.